The summed E-state index contributed by atoms with van der Waals surface area (Å²) in [6.07, 6.45) is 0. The van der Waals surface area contributed by atoms with E-state index in [1.165, 1.54) is 6.07 Å². The fraction of sp³-hybridized carbons (Fsp3) is 0.200. The number of benzene rings is 1. The van der Waals surface area contributed by atoms with Gasteiger partial charge in [-0.15, -0.1) is 0 Å². The minimum absolute atomic E-state index is 0.138. The molecule has 82 valence electrons. The van der Waals surface area contributed by atoms with Crippen LogP contribution in [0.4, 0.5) is 14.5 Å². The number of ether oxygens (including phenoxy) is 1. The molecular formula is C10H6F2N2O2. The molecule has 1 amide bonds. The number of hydrogen-bond donors (Lipinski definition) is 1. The molecule has 1 aromatic rings. The van der Waals surface area contributed by atoms with Crippen LogP contribution in [-0.2, 0) is 10.7 Å². The predicted molar refractivity (Wildman–Crippen MR) is 50.1 cm³/mol. The van der Waals surface area contributed by atoms with E-state index in [-0.39, 0.29) is 12.3 Å². The van der Waals surface area contributed by atoms with Gasteiger partial charge in [0.25, 0.3) is 5.91 Å². The van der Waals surface area contributed by atoms with Gasteiger partial charge in [0.15, 0.2) is 6.61 Å². The molecule has 1 N–H and O–H groups in total. The molecule has 0 saturated carbocycles. The highest BCUT2D eigenvalue weighted by atomic mass is 19.3. The first-order chi connectivity index (χ1) is 7.53. The number of halogens is 2. The first-order valence-corrected chi connectivity index (χ1v) is 4.39. The van der Waals surface area contributed by atoms with Crippen molar-refractivity contribution >= 4 is 11.6 Å². The van der Waals surface area contributed by atoms with E-state index >= 15 is 0 Å². The number of nitrogens with zero attached hydrogens (tertiary/aromatic N) is 1. The van der Waals surface area contributed by atoms with Gasteiger partial charge >= 0.3 is 5.92 Å². The van der Waals surface area contributed by atoms with Crippen LogP contribution in [0.3, 0.4) is 0 Å². The maximum atomic E-state index is 13.0. The largest absolute Gasteiger partial charge is 0.482 e. The fourth-order valence-electron chi connectivity index (χ4n) is 1.34. The molecule has 16 heavy (non-hydrogen) atoms. The lowest BCUT2D eigenvalue weighted by atomic mass is 10.1. The third-order valence-corrected chi connectivity index (χ3v) is 2.12. The first-order valence-electron chi connectivity index (χ1n) is 4.39. The molecule has 0 spiro atoms. The van der Waals surface area contributed by atoms with Gasteiger partial charge in [0, 0.05) is 5.56 Å². The molecule has 1 aliphatic rings. The third kappa shape index (κ3) is 1.67. The monoisotopic (exact) mass is 224 g/mol. The van der Waals surface area contributed by atoms with E-state index in [1.54, 1.807) is 0 Å². The quantitative estimate of drug-likeness (QED) is 0.788. The Morgan fingerprint density at radius 1 is 1.50 bits per heavy atom. The van der Waals surface area contributed by atoms with Crippen molar-refractivity contribution in [3.63, 3.8) is 0 Å². The lowest BCUT2D eigenvalue weighted by molar-refractivity contribution is -0.118. The van der Waals surface area contributed by atoms with E-state index in [9.17, 15) is 13.6 Å². The molecule has 1 aromatic carbocycles. The molecule has 0 bridgehead atoms. The molecule has 0 aromatic heterocycles. The number of nitriles is 1. The zero-order valence-corrected chi connectivity index (χ0v) is 7.96. The molecule has 0 radical (unpaired) electrons. The number of amides is 1. The molecule has 2 rings (SSSR count). The van der Waals surface area contributed by atoms with Crippen molar-refractivity contribution in [2.75, 3.05) is 11.9 Å². The van der Waals surface area contributed by atoms with Gasteiger partial charge in [-0.3, -0.25) is 4.79 Å². The molecule has 0 unspecified atom stereocenters. The van der Waals surface area contributed by atoms with Gasteiger partial charge in [0.05, 0.1) is 5.69 Å². The third-order valence-electron chi connectivity index (χ3n) is 2.12. The van der Waals surface area contributed by atoms with E-state index in [0.717, 1.165) is 18.2 Å². The van der Waals surface area contributed by atoms with Crippen LogP contribution in [0.5, 0.6) is 5.75 Å². The molecule has 6 heteroatoms. The van der Waals surface area contributed by atoms with Crippen LogP contribution in [0.2, 0.25) is 0 Å². The summed E-state index contributed by atoms with van der Waals surface area (Å²) in [4.78, 5) is 11.0. The Labute approximate surface area is 89.4 Å². The van der Waals surface area contributed by atoms with Crippen molar-refractivity contribution in [1.82, 2.24) is 0 Å². The molecule has 0 saturated heterocycles. The van der Waals surface area contributed by atoms with Crippen molar-refractivity contribution in [3.05, 3.63) is 23.8 Å². The molecule has 1 aliphatic heterocycles. The lowest BCUT2D eigenvalue weighted by Crippen LogP contribution is -2.25. The standard InChI is InChI=1S/C10H6F2N2O2/c11-10(12,5-13)6-1-2-8-7(3-6)14-9(15)4-16-8/h1-3H,4H2,(H,14,15). The van der Waals surface area contributed by atoms with Crippen molar-refractivity contribution < 1.29 is 18.3 Å². The van der Waals surface area contributed by atoms with E-state index in [0.29, 0.717) is 5.75 Å². The number of carbonyl (C=O) groups excluding carboxylic acids is 1. The number of anilines is 1. The van der Waals surface area contributed by atoms with Crippen molar-refractivity contribution in [2.24, 2.45) is 0 Å². The van der Waals surface area contributed by atoms with Gasteiger partial charge in [0.2, 0.25) is 0 Å². The molecule has 0 aliphatic carbocycles. The maximum absolute atomic E-state index is 13.0. The topological polar surface area (TPSA) is 62.1 Å². The smallest absolute Gasteiger partial charge is 0.357 e. The zero-order valence-electron chi connectivity index (χ0n) is 7.96. The second-order valence-electron chi connectivity index (χ2n) is 3.23. The van der Waals surface area contributed by atoms with E-state index < -0.39 is 17.4 Å². The van der Waals surface area contributed by atoms with E-state index in [4.69, 9.17) is 10.00 Å². The van der Waals surface area contributed by atoms with E-state index in [1.807, 2.05) is 0 Å². The average Bonchev–Trinajstić information content (AvgIpc) is 2.28. The van der Waals surface area contributed by atoms with Crippen LogP contribution in [-0.4, -0.2) is 12.5 Å². The van der Waals surface area contributed by atoms with Gasteiger partial charge < -0.3 is 10.1 Å². The van der Waals surface area contributed by atoms with Crippen molar-refractivity contribution in [1.29, 1.82) is 5.26 Å². The molecule has 4 nitrogen and oxygen atoms in total. The molecule has 0 atom stereocenters. The summed E-state index contributed by atoms with van der Waals surface area (Å²) >= 11 is 0. The fourth-order valence-corrected chi connectivity index (χ4v) is 1.34. The molecule has 0 fully saturated rings. The second-order valence-corrected chi connectivity index (χ2v) is 3.23. The summed E-state index contributed by atoms with van der Waals surface area (Å²) in [5.41, 5.74) is -0.316. The summed E-state index contributed by atoms with van der Waals surface area (Å²) in [5, 5.41) is 10.7. The van der Waals surface area contributed by atoms with Crippen molar-refractivity contribution in [3.8, 4) is 11.8 Å². The van der Waals surface area contributed by atoms with Gasteiger partial charge in [-0.2, -0.15) is 14.0 Å². The Balaban J connectivity index is 2.43. The van der Waals surface area contributed by atoms with E-state index in [2.05, 4.69) is 5.32 Å². The van der Waals surface area contributed by atoms with Crippen molar-refractivity contribution in [2.45, 2.75) is 5.92 Å². The highest BCUT2D eigenvalue weighted by molar-refractivity contribution is 5.95. The Morgan fingerprint density at radius 3 is 2.94 bits per heavy atom. The highest BCUT2D eigenvalue weighted by Crippen LogP contribution is 2.34. The number of hydrogen-bond acceptors (Lipinski definition) is 3. The number of rotatable bonds is 1. The highest BCUT2D eigenvalue weighted by Gasteiger charge is 2.32. The van der Waals surface area contributed by atoms with Crippen LogP contribution in [0.1, 0.15) is 5.56 Å². The SMILES string of the molecule is N#CC(F)(F)c1ccc2c(c1)NC(=O)CO2. The van der Waals surface area contributed by atoms with Gasteiger partial charge in [-0.25, -0.2) is 0 Å². The minimum atomic E-state index is -3.57. The summed E-state index contributed by atoms with van der Waals surface area (Å²) in [5.74, 6) is -3.67. The molecule has 1 heterocycles. The number of fused-ring (bicyclic) bond motifs is 1. The zero-order chi connectivity index (χ0) is 11.8. The Bertz CT molecular complexity index is 494. The van der Waals surface area contributed by atoms with Gasteiger partial charge in [-0.05, 0) is 18.2 Å². The number of alkyl halides is 2. The van der Waals surface area contributed by atoms with Crippen LogP contribution in [0.15, 0.2) is 18.2 Å². The summed E-state index contributed by atoms with van der Waals surface area (Å²) in [7, 11) is 0. The second kappa shape index (κ2) is 3.45. The molecular weight excluding hydrogens is 218 g/mol. The van der Waals surface area contributed by atoms with Crippen LogP contribution in [0, 0.1) is 11.3 Å². The Hall–Kier alpha value is -2.16. The summed E-state index contributed by atoms with van der Waals surface area (Å²) in [6.45, 7) is -0.138. The summed E-state index contributed by atoms with van der Waals surface area (Å²) in [6, 6.07) is 4.32. The average molecular weight is 224 g/mol. The van der Waals surface area contributed by atoms with Crippen LogP contribution < -0.4 is 10.1 Å². The maximum Gasteiger partial charge on any atom is 0.357 e. The Kier molecular flexibility index (Phi) is 2.23. The number of carbonyl (C=O) groups is 1. The van der Waals surface area contributed by atoms with Gasteiger partial charge in [0.1, 0.15) is 11.8 Å². The van der Waals surface area contributed by atoms with Crippen LogP contribution in [0.25, 0.3) is 0 Å². The van der Waals surface area contributed by atoms with Crippen LogP contribution >= 0.6 is 0 Å². The normalized spacial score (nSPS) is 14.4. The predicted octanol–water partition coefficient (Wildman–Crippen LogP) is 1.63. The van der Waals surface area contributed by atoms with Gasteiger partial charge in [-0.1, -0.05) is 0 Å². The summed E-state index contributed by atoms with van der Waals surface area (Å²) < 4.78 is 31.1. The first kappa shape index (κ1) is 10.4. The Morgan fingerprint density at radius 2 is 2.25 bits per heavy atom. The number of nitrogens with one attached hydrogen (secondary N) is 1. The minimum Gasteiger partial charge on any atom is -0.482 e. The lowest BCUT2D eigenvalue weighted by Gasteiger charge is -2.19.